The van der Waals surface area contributed by atoms with Gasteiger partial charge in [0.05, 0.1) is 6.10 Å². The van der Waals surface area contributed by atoms with E-state index in [0.29, 0.717) is 18.5 Å². The summed E-state index contributed by atoms with van der Waals surface area (Å²) in [4.78, 5) is 25.1. The summed E-state index contributed by atoms with van der Waals surface area (Å²) in [6.07, 6.45) is 5.75. The van der Waals surface area contributed by atoms with Crippen LogP contribution in [0.25, 0.3) is 0 Å². The van der Waals surface area contributed by atoms with Crippen LogP contribution in [0.3, 0.4) is 0 Å². The predicted octanol–water partition coefficient (Wildman–Crippen LogP) is 3.25. The number of anilines is 1. The Bertz CT molecular complexity index is 600. The van der Waals surface area contributed by atoms with Crippen LogP contribution < -0.4 is 15.4 Å². The zero-order valence-electron chi connectivity index (χ0n) is 14.4. The van der Waals surface area contributed by atoms with Crippen molar-refractivity contribution < 1.29 is 14.3 Å². The third-order valence-electron chi connectivity index (χ3n) is 4.79. The van der Waals surface area contributed by atoms with Crippen LogP contribution in [-0.4, -0.2) is 24.0 Å². The van der Waals surface area contributed by atoms with Gasteiger partial charge in [-0.1, -0.05) is 12.8 Å². The largest absolute Gasteiger partial charge is 0.491 e. The van der Waals surface area contributed by atoms with Crippen LogP contribution in [-0.2, 0) is 9.59 Å². The molecule has 0 saturated heterocycles. The zero-order chi connectivity index (χ0) is 17.2. The van der Waals surface area contributed by atoms with E-state index in [1.54, 1.807) is 12.1 Å². The highest BCUT2D eigenvalue weighted by atomic mass is 16.5. The van der Waals surface area contributed by atoms with E-state index in [9.17, 15) is 9.59 Å². The monoisotopic (exact) mass is 330 g/mol. The van der Waals surface area contributed by atoms with Crippen LogP contribution in [0.1, 0.15) is 52.4 Å². The van der Waals surface area contributed by atoms with E-state index in [-0.39, 0.29) is 24.0 Å². The van der Waals surface area contributed by atoms with Gasteiger partial charge >= 0.3 is 0 Å². The molecule has 2 amide bonds. The summed E-state index contributed by atoms with van der Waals surface area (Å²) in [7, 11) is 0. The molecule has 0 radical (unpaired) electrons. The van der Waals surface area contributed by atoms with Crippen LogP contribution in [0.4, 0.5) is 5.69 Å². The van der Waals surface area contributed by atoms with Gasteiger partial charge < -0.3 is 15.4 Å². The molecule has 5 heteroatoms. The van der Waals surface area contributed by atoms with E-state index < -0.39 is 5.41 Å². The molecule has 2 N–H and O–H groups in total. The Balaban J connectivity index is 1.58. The van der Waals surface area contributed by atoms with Crippen molar-refractivity contribution in [3.8, 4) is 5.75 Å². The van der Waals surface area contributed by atoms with Crippen LogP contribution in [0.2, 0.25) is 0 Å². The van der Waals surface area contributed by atoms with Crippen molar-refractivity contribution in [2.24, 2.45) is 5.41 Å². The Morgan fingerprint density at radius 3 is 2.25 bits per heavy atom. The van der Waals surface area contributed by atoms with Crippen molar-refractivity contribution in [1.82, 2.24) is 5.32 Å². The first-order chi connectivity index (χ1) is 11.5. The fourth-order valence-corrected chi connectivity index (χ4v) is 3.22. The van der Waals surface area contributed by atoms with Crippen molar-refractivity contribution in [3.63, 3.8) is 0 Å². The van der Waals surface area contributed by atoms with Gasteiger partial charge in [0.2, 0.25) is 11.8 Å². The zero-order valence-corrected chi connectivity index (χ0v) is 14.4. The van der Waals surface area contributed by atoms with Crippen molar-refractivity contribution in [2.45, 2.75) is 64.5 Å². The average molecular weight is 330 g/mol. The van der Waals surface area contributed by atoms with E-state index in [4.69, 9.17) is 4.74 Å². The standard InChI is InChI=1S/C19H26N2O3/c1-13(2)24-16-9-7-15(8-10-16)21-18(23)19(11-12-19)17(22)20-14-5-3-4-6-14/h7-10,13-14H,3-6,11-12H2,1-2H3,(H,20,22)(H,21,23). The molecular formula is C19H26N2O3. The summed E-state index contributed by atoms with van der Waals surface area (Å²) in [6, 6.07) is 7.51. The number of nitrogens with one attached hydrogen (secondary N) is 2. The first-order valence-electron chi connectivity index (χ1n) is 8.89. The van der Waals surface area contributed by atoms with Gasteiger partial charge in [-0.15, -0.1) is 0 Å². The molecule has 0 atom stereocenters. The topological polar surface area (TPSA) is 67.4 Å². The minimum absolute atomic E-state index is 0.105. The van der Waals surface area contributed by atoms with Crippen molar-refractivity contribution in [1.29, 1.82) is 0 Å². The molecule has 2 fully saturated rings. The molecule has 2 aliphatic rings. The number of rotatable bonds is 6. The molecule has 3 rings (SSSR count). The average Bonchev–Trinajstić information content (AvgIpc) is 3.21. The minimum atomic E-state index is -0.865. The van der Waals surface area contributed by atoms with E-state index in [0.717, 1.165) is 31.4 Å². The van der Waals surface area contributed by atoms with Crippen LogP contribution >= 0.6 is 0 Å². The number of carbonyl (C=O) groups is 2. The Kier molecular flexibility index (Phi) is 4.78. The fraction of sp³-hybridized carbons (Fsp3) is 0.579. The van der Waals surface area contributed by atoms with Crippen LogP contribution in [0.5, 0.6) is 5.75 Å². The van der Waals surface area contributed by atoms with Gasteiger partial charge in [-0.2, -0.15) is 0 Å². The maximum absolute atomic E-state index is 12.6. The minimum Gasteiger partial charge on any atom is -0.491 e. The molecule has 0 heterocycles. The Morgan fingerprint density at radius 1 is 1.08 bits per heavy atom. The lowest BCUT2D eigenvalue weighted by atomic mass is 10.0. The second kappa shape index (κ2) is 6.83. The van der Waals surface area contributed by atoms with Crippen LogP contribution in [0, 0.1) is 5.41 Å². The number of amides is 2. The van der Waals surface area contributed by atoms with Gasteiger partial charge in [-0.25, -0.2) is 0 Å². The molecule has 2 saturated carbocycles. The van der Waals surface area contributed by atoms with Crippen molar-refractivity contribution >= 4 is 17.5 Å². The Hall–Kier alpha value is -2.04. The second-order valence-corrected chi connectivity index (χ2v) is 7.18. The highest BCUT2D eigenvalue weighted by Gasteiger charge is 2.56. The molecule has 0 bridgehead atoms. The molecule has 0 aliphatic heterocycles. The third-order valence-corrected chi connectivity index (χ3v) is 4.79. The highest BCUT2D eigenvalue weighted by molar-refractivity contribution is 6.13. The molecular weight excluding hydrogens is 304 g/mol. The first-order valence-corrected chi connectivity index (χ1v) is 8.89. The summed E-state index contributed by atoms with van der Waals surface area (Å²) in [5, 5.41) is 5.93. The lowest BCUT2D eigenvalue weighted by molar-refractivity contribution is -0.134. The second-order valence-electron chi connectivity index (χ2n) is 7.18. The van der Waals surface area contributed by atoms with Gasteiger partial charge in [0, 0.05) is 11.7 Å². The summed E-state index contributed by atoms with van der Waals surface area (Å²) in [5.41, 5.74) is -0.175. The normalized spacial score (nSPS) is 19.1. The molecule has 1 aromatic carbocycles. The summed E-state index contributed by atoms with van der Waals surface area (Å²) in [6.45, 7) is 3.94. The van der Waals surface area contributed by atoms with Gasteiger partial charge in [0.25, 0.3) is 0 Å². The van der Waals surface area contributed by atoms with Gasteiger partial charge in [0.1, 0.15) is 11.2 Å². The summed E-state index contributed by atoms with van der Waals surface area (Å²) < 4.78 is 5.59. The summed E-state index contributed by atoms with van der Waals surface area (Å²) >= 11 is 0. The van der Waals surface area contributed by atoms with Gasteiger partial charge in [-0.05, 0) is 63.8 Å². The van der Waals surface area contributed by atoms with Gasteiger partial charge in [-0.3, -0.25) is 9.59 Å². The van der Waals surface area contributed by atoms with Crippen molar-refractivity contribution in [3.05, 3.63) is 24.3 Å². The van der Waals surface area contributed by atoms with Crippen LogP contribution in [0.15, 0.2) is 24.3 Å². The molecule has 24 heavy (non-hydrogen) atoms. The smallest absolute Gasteiger partial charge is 0.240 e. The van der Waals surface area contributed by atoms with E-state index >= 15 is 0 Å². The predicted molar refractivity (Wildman–Crippen MR) is 92.9 cm³/mol. The lowest BCUT2D eigenvalue weighted by Gasteiger charge is -2.19. The molecule has 0 spiro atoms. The number of carbonyl (C=O) groups excluding carboxylic acids is 2. The fourth-order valence-electron chi connectivity index (χ4n) is 3.22. The molecule has 0 unspecified atom stereocenters. The molecule has 5 nitrogen and oxygen atoms in total. The maximum atomic E-state index is 12.6. The number of benzene rings is 1. The van der Waals surface area contributed by atoms with E-state index in [1.807, 2.05) is 26.0 Å². The molecule has 130 valence electrons. The summed E-state index contributed by atoms with van der Waals surface area (Å²) in [5.74, 6) is 0.463. The third kappa shape index (κ3) is 3.71. The Labute approximate surface area is 143 Å². The molecule has 0 aromatic heterocycles. The Morgan fingerprint density at radius 2 is 1.71 bits per heavy atom. The quantitative estimate of drug-likeness (QED) is 0.787. The maximum Gasteiger partial charge on any atom is 0.240 e. The first kappa shape index (κ1) is 16.8. The lowest BCUT2D eigenvalue weighted by Crippen LogP contribution is -2.43. The van der Waals surface area contributed by atoms with Crippen molar-refractivity contribution in [2.75, 3.05) is 5.32 Å². The number of hydrogen-bond acceptors (Lipinski definition) is 3. The highest BCUT2D eigenvalue weighted by Crippen LogP contribution is 2.47. The van der Waals surface area contributed by atoms with Gasteiger partial charge in [0.15, 0.2) is 0 Å². The SMILES string of the molecule is CC(C)Oc1ccc(NC(=O)C2(C(=O)NC3CCCC3)CC2)cc1. The molecule has 1 aromatic rings. The molecule has 2 aliphatic carbocycles. The van der Waals surface area contributed by atoms with E-state index in [2.05, 4.69) is 10.6 Å². The number of ether oxygens (including phenoxy) is 1. The van der Waals surface area contributed by atoms with E-state index in [1.165, 1.54) is 0 Å². The number of hydrogen-bond donors (Lipinski definition) is 2.